The Morgan fingerprint density at radius 3 is 2.57 bits per heavy atom. The van der Waals surface area contributed by atoms with Crippen LogP contribution in [0.4, 0.5) is 8.78 Å². The van der Waals surface area contributed by atoms with Crippen molar-refractivity contribution in [2.24, 2.45) is 0 Å². The van der Waals surface area contributed by atoms with E-state index in [1.165, 1.54) is 11.9 Å². The summed E-state index contributed by atoms with van der Waals surface area (Å²) in [5.41, 5.74) is -1.25. The SMILES string of the molecule is CNC(=O)CC[C@]1(O)CCCN(C(=O)c2cc(F)cc(F)c2)C1. The maximum atomic E-state index is 13.3. The third-order valence-electron chi connectivity index (χ3n) is 4.05. The van der Waals surface area contributed by atoms with Crippen molar-refractivity contribution in [3.63, 3.8) is 0 Å². The Hall–Kier alpha value is -2.02. The highest BCUT2D eigenvalue weighted by Gasteiger charge is 2.35. The lowest BCUT2D eigenvalue weighted by Gasteiger charge is -2.39. The fourth-order valence-corrected chi connectivity index (χ4v) is 2.82. The molecule has 1 heterocycles. The van der Waals surface area contributed by atoms with Crippen LogP contribution >= 0.6 is 0 Å². The lowest BCUT2D eigenvalue weighted by molar-refractivity contribution is -0.122. The lowest BCUT2D eigenvalue weighted by atomic mass is 9.88. The molecule has 0 radical (unpaired) electrons. The van der Waals surface area contributed by atoms with Gasteiger partial charge in [-0.05, 0) is 31.4 Å². The third-order valence-corrected chi connectivity index (χ3v) is 4.05. The number of rotatable bonds is 4. The summed E-state index contributed by atoms with van der Waals surface area (Å²) in [6, 6.07) is 2.65. The summed E-state index contributed by atoms with van der Waals surface area (Å²) in [5, 5.41) is 13.0. The first-order valence-corrected chi connectivity index (χ1v) is 7.51. The van der Waals surface area contributed by atoms with Crippen LogP contribution in [0.15, 0.2) is 18.2 Å². The molecule has 1 aliphatic heterocycles. The Kier molecular flexibility index (Phi) is 5.30. The molecule has 2 amide bonds. The number of nitrogens with zero attached hydrogens (tertiary/aromatic N) is 1. The second kappa shape index (κ2) is 7.04. The van der Waals surface area contributed by atoms with Crippen LogP contribution in [0.2, 0.25) is 0 Å². The minimum Gasteiger partial charge on any atom is -0.388 e. The summed E-state index contributed by atoms with van der Waals surface area (Å²) >= 11 is 0. The molecule has 0 unspecified atom stereocenters. The fraction of sp³-hybridized carbons (Fsp3) is 0.500. The van der Waals surface area contributed by atoms with E-state index in [0.29, 0.717) is 25.5 Å². The molecule has 5 nitrogen and oxygen atoms in total. The molecule has 1 aromatic rings. The number of aliphatic hydroxyl groups is 1. The number of halogens is 2. The van der Waals surface area contributed by atoms with E-state index in [2.05, 4.69) is 5.32 Å². The zero-order valence-electron chi connectivity index (χ0n) is 12.9. The molecule has 23 heavy (non-hydrogen) atoms. The second-order valence-corrected chi connectivity index (χ2v) is 5.89. The molecule has 0 aliphatic carbocycles. The third kappa shape index (κ3) is 4.48. The molecule has 1 atom stereocenters. The number of carbonyl (C=O) groups excluding carboxylic acids is 2. The standard InChI is InChI=1S/C16H20F2N2O3/c1-19-14(21)3-5-16(23)4-2-6-20(10-16)15(22)11-7-12(17)9-13(18)8-11/h7-9,23H,2-6,10H2,1H3,(H,19,21)/t16-/m1/s1. The van der Waals surface area contributed by atoms with Gasteiger partial charge in [0.15, 0.2) is 0 Å². The molecule has 1 aliphatic rings. The minimum absolute atomic E-state index is 0.0426. The Labute approximate surface area is 133 Å². The molecule has 1 aromatic carbocycles. The number of carbonyl (C=O) groups is 2. The van der Waals surface area contributed by atoms with Gasteiger partial charge in [0.05, 0.1) is 5.60 Å². The van der Waals surface area contributed by atoms with Crippen LogP contribution in [0.1, 0.15) is 36.0 Å². The molecule has 0 bridgehead atoms. The molecule has 0 aromatic heterocycles. The van der Waals surface area contributed by atoms with Gasteiger partial charge < -0.3 is 15.3 Å². The first kappa shape index (κ1) is 17.3. The largest absolute Gasteiger partial charge is 0.388 e. The number of hydrogen-bond donors (Lipinski definition) is 2. The Morgan fingerprint density at radius 1 is 1.30 bits per heavy atom. The predicted octanol–water partition coefficient (Wildman–Crippen LogP) is 1.46. The van der Waals surface area contributed by atoms with Crippen LogP contribution in [0.5, 0.6) is 0 Å². The van der Waals surface area contributed by atoms with Gasteiger partial charge in [0.2, 0.25) is 5.91 Å². The van der Waals surface area contributed by atoms with Crippen LogP contribution < -0.4 is 5.32 Å². The number of benzene rings is 1. The monoisotopic (exact) mass is 326 g/mol. The van der Waals surface area contributed by atoms with Gasteiger partial charge in [-0.25, -0.2) is 8.78 Å². The maximum absolute atomic E-state index is 13.3. The lowest BCUT2D eigenvalue weighted by Crippen LogP contribution is -2.50. The van der Waals surface area contributed by atoms with Gasteiger partial charge >= 0.3 is 0 Å². The van der Waals surface area contributed by atoms with Crippen molar-refractivity contribution in [1.82, 2.24) is 10.2 Å². The summed E-state index contributed by atoms with van der Waals surface area (Å²) in [6.07, 6.45) is 1.43. The number of β-amino-alcohol motifs (C(OH)–C–C–N with tert-alkyl or cyclic N) is 1. The number of likely N-dealkylation sites (tertiary alicyclic amines) is 1. The Bertz CT molecular complexity index is 589. The van der Waals surface area contributed by atoms with Crippen LogP contribution in [0.25, 0.3) is 0 Å². The van der Waals surface area contributed by atoms with Crippen molar-refractivity contribution >= 4 is 11.8 Å². The van der Waals surface area contributed by atoms with Gasteiger partial charge in [-0.3, -0.25) is 9.59 Å². The highest BCUT2D eigenvalue weighted by molar-refractivity contribution is 5.94. The normalized spacial score (nSPS) is 21.1. The molecule has 0 spiro atoms. The van der Waals surface area contributed by atoms with Crippen molar-refractivity contribution in [2.75, 3.05) is 20.1 Å². The van der Waals surface area contributed by atoms with E-state index in [4.69, 9.17) is 0 Å². The summed E-state index contributed by atoms with van der Waals surface area (Å²) in [6.45, 7) is 0.445. The Morgan fingerprint density at radius 2 is 1.96 bits per heavy atom. The molecule has 7 heteroatoms. The Balaban J connectivity index is 2.07. The topological polar surface area (TPSA) is 69.6 Å². The van der Waals surface area contributed by atoms with Crippen LogP contribution in [-0.4, -0.2) is 47.6 Å². The van der Waals surface area contributed by atoms with Crippen LogP contribution in [-0.2, 0) is 4.79 Å². The quantitative estimate of drug-likeness (QED) is 0.880. The van der Waals surface area contributed by atoms with Gasteiger partial charge in [0, 0.05) is 38.2 Å². The summed E-state index contributed by atoms with van der Waals surface area (Å²) < 4.78 is 26.5. The molecule has 1 fully saturated rings. The minimum atomic E-state index is -1.16. The maximum Gasteiger partial charge on any atom is 0.254 e. The molecular weight excluding hydrogens is 306 g/mol. The summed E-state index contributed by atoms with van der Waals surface area (Å²) in [5.74, 6) is -2.35. The second-order valence-electron chi connectivity index (χ2n) is 5.89. The van der Waals surface area contributed by atoms with E-state index in [-0.39, 0.29) is 30.9 Å². The van der Waals surface area contributed by atoms with Gasteiger partial charge in [-0.1, -0.05) is 0 Å². The average Bonchev–Trinajstić information content (AvgIpc) is 2.51. The zero-order chi connectivity index (χ0) is 17.0. The fourth-order valence-electron chi connectivity index (χ4n) is 2.82. The van der Waals surface area contributed by atoms with Crippen molar-refractivity contribution in [1.29, 1.82) is 0 Å². The highest BCUT2D eigenvalue weighted by atomic mass is 19.1. The van der Waals surface area contributed by atoms with Crippen molar-refractivity contribution in [3.05, 3.63) is 35.4 Å². The van der Waals surface area contributed by atoms with Gasteiger partial charge in [-0.15, -0.1) is 0 Å². The van der Waals surface area contributed by atoms with Gasteiger partial charge in [0.1, 0.15) is 11.6 Å². The zero-order valence-corrected chi connectivity index (χ0v) is 12.9. The van der Waals surface area contributed by atoms with Crippen LogP contribution in [0, 0.1) is 11.6 Å². The van der Waals surface area contributed by atoms with Crippen molar-refractivity contribution in [3.8, 4) is 0 Å². The molecular formula is C16H20F2N2O3. The van der Waals surface area contributed by atoms with Crippen molar-refractivity contribution < 1.29 is 23.5 Å². The number of piperidine rings is 1. The first-order chi connectivity index (χ1) is 10.8. The van der Waals surface area contributed by atoms with E-state index in [9.17, 15) is 23.5 Å². The van der Waals surface area contributed by atoms with E-state index in [1.54, 1.807) is 0 Å². The number of amides is 2. The first-order valence-electron chi connectivity index (χ1n) is 7.51. The average molecular weight is 326 g/mol. The smallest absolute Gasteiger partial charge is 0.254 e. The van der Waals surface area contributed by atoms with E-state index in [1.807, 2.05) is 0 Å². The number of nitrogens with one attached hydrogen (secondary N) is 1. The van der Waals surface area contributed by atoms with Crippen LogP contribution in [0.3, 0.4) is 0 Å². The molecule has 0 saturated carbocycles. The molecule has 2 rings (SSSR count). The van der Waals surface area contributed by atoms with Gasteiger partial charge in [-0.2, -0.15) is 0 Å². The molecule has 1 saturated heterocycles. The van der Waals surface area contributed by atoms with Gasteiger partial charge in [0.25, 0.3) is 5.91 Å². The summed E-state index contributed by atoms with van der Waals surface area (Å²) in [7, 11) is 1.52. The van der Waals surface area contributed by atoms with E-state index in [0.717, 1.165) is 12.1 Å². The van der Waals surface area contributed by atoms with Crippen molar-refractivity contribution in [2.45, 2.75) is 31.3 Å². The van der Waals surface area contributed by atoms with E-state index < -0.39 is 23.1 Å². The molecule has 126 valence electrons. The summed E-state index contributed by atoms with van der Waals surface area (Å²) in [4.78, 5) is 25.1. The highest BCUT2D eigenvalue weighted by Crippen LogP contribution is 2.27. The van der Waals surface area contributed by atoms with E-state index >= 15 is 0 Å². The predicted molar refractivity (Wildman–Crippen MR) is 79.7 cm³/mol. The molecule has 2 N–H and O–H groups in total. The number of hydrogen-bond acceptors (Lipinski definition) is 3.